The molecule has 158 valence electrons. The fourth-order valence-corrected chi connectivity index (χ4v) is 4.53. The van der Waals surface area contributed by atoms with Gasteiger partial charge >= 0.3 is 5.97 Å². The van der Waals surface area contributed by atoms with Gasteiger partial charge in [-0.3, -0.25) is 9.59 Å². The van der Waals surface area contributed by atoms with E-state index in [0.717, 1.165) is 29.2 Å². The summed E-state index contributed by atoms with van der Waals surface area (Å²) in [4.78, 5) is 23.8. The van der Waals surface area contributed by atoms with Crippen LogP contribution in [0.25, 0.3) is 0 Å². The molecule has 0 radical (unpaired) electrons. The number of rotatable bonds is 14. The van der Waals surface area contributed by atoms with Crippen molar-refractivity contribution in [1.82, 2.24) is 0 Å². The number of unbranched alkanes of at least 4 members (excludes halogenated alkanes) is 4. The lowest BCUT2D eigenvalue weighted by molar-refractivity contribution is -0.137. The highest BCUT2D eigenvalue weighted by Crippen LogP contribution is 2.28. The second kappa shape index (κ2) is 13.9. The average Bonchev–Trinajstić information content (AvgIpc) is 2.61. The minimum absolute atomic E-state index is 0.0573. The van der Waals surface area contributed by atoms with Crippen molar-refractivity contribution in [3.8, 4) is 0 Å². The lowest BCUT2D eigenvalue weighted by atomic mass is 10.1. The second-order valence-electron chi connectivity index (χ2n) is 7.87. The molecule has 0 aromatic heterocycles. The molecule has 4 nitrogen and oxygen atoms in total. The SMILES string of the molecule is CC(C)(C)SCCCCCCCC(=O)Nc1ccccc1SCCCC(=O)O. The largest absolute Gasteiger partial charge is 0.481 e. The number of carboxylic acid groups (broad SMARTS) is 1. The number of carboxylic acids is 1. The van der Waals surface area contributed by atoms with E-state index < -0.39 is 5.97 Å². The number of hydrogen-bond acceptors (Lipinski definition) is 4. The van der Waals surface area contributed by atoms with Crippen LogP contribution in [0.2, 0.25) is 0 Å². The number of carbonyl (C=O) groups excluding carboxylic acids is 1. The van der Waals surface area contributed by atoms with Crippen molar-refractivity contribution in [3.05, 3.63) is 24.3 Å². The summed E-state index contributed by atoms with van der Waals surface area (Å²) in [5, 5.41) is 11.7. The number of carbonyl (C=O) groups is 2. The smallest absolute Gasteiger partial charge is 0.303 e. The van der Waals surface area contributed by atoms with Gasteiger partial charge in [-0.1, -0.05) is 52.2 Å². The normalized spacial score (nSPS) is 11.4. The number of nitrogens with one attached hydrogen (secondary N) is 1. The van der Waals surface area contributed by atoms with E-state index in [0.29, 0.717) is 17.6 Å². The lowest BCUT2D eigenvalue weighted by Gasteiger charge is -2.17. The molecule has 2 N–H and O–H groups in total. The van der Waals surface area contributed by atoms with Crippen LogP contribution in [0.3, 0.4) is 0 Å². The van der Waals surface area contributed by atoms with Crippen LogP contribution in [-0.2, 0) is 9.59 Å². The fourth-order valence-electron chi connectivity index (χ4n) is 2.61. The summed E-state index contributed by atoms with van der Waals surface area (Å²) < 4.78 is 0.350. The number of aliphatic carboxylic acids is 1. The molecule has 0 fully saturated rings. The van der Waals surface area contributed by atoms with Gasteiger partial charge in [0.25, 0.3) is 0 Å². The van der Waals surface area contributed by atoms with Crippen molar-refractivity contribution < 1.29 is 14.7 Å². The third-order valence-corrected chi connectivity index (χ3v) is 6.56. The van der Waals surface area contributed by atoms with Gasteiger partial charge < -0.3 is 10.4 Å². The van der Waals surface area contributed by atoms with Crippen molar-refractivity contribution in [1.29, 1.82) is 0 Å². The van der Waals surface area contributed by atoms with Crippen molar-refractivity contribution in [2.45, 2.75) is 81.8 Å². The highest BCUT2D eigenvalue weighted by molar-refractivity contribution is 8.00. The molecule has 6 heteroatoms. The number of amides is 1. The fraction of sp³-hybridized carbons (Fsp3) is 0.636. The van der Waals surface area contributed by atoms with Crippen LogP contribution in [-0.4, -0.2) is 33.2 Å². The highest BCUT2D eigenvalue weighted by Gasteiger charge is 2.10. The number of anilines is 1. The maximum Gasteiger partial charge on any atom is 0.303 e. The van der Waals surface area contributed by atoms with Crippen molar-refractivity contribution in [2.24, 2.45) is 0 Å². The molecule has 28 heavy (non-hydrogen) atoms. The Morgan fingerprint density at radius 2 is 1.61 bits per heavy atom. The van der Waals surface area contributed by atoms with E-state index in [-0.39, 0.29) is 12.3 Å². The molecule has 0 spiro atoms. The summed E-state index contributed by atoms with van der Waals surface area (Å²) in [7, 11) is 0. The third-order valence-electron chi connectivity index (χ3n) is 4.04. The van der Waals surface area contributed by atoms with Gasteiger partial charge in [0.1, 0.15) is 0 Å². The van der Waals surface area contributed by atoms with Crippen molar-refractivity contribution >= 4 is 41.1 Å². The van der Waals surface area contributed by atoms with Crippen LogP contribution in [0.1, 0.15) is 72.1 Å². The molecule has 0 aliphatic rings. The zero-order chi connectivity index (χ0) is 20.8. The monoisotopic (exact) mass is 425 g/mol. The molecule has 0 heterocycles. The first kappa shape index (κ1) is 24.9. The first-order valence-corrected chi connectivity index (χ1v) is 12.1. The quantitative estimate of drug-likeness (QED) is 0.265. The van der Waals surface area contributed by atoms with Crippen molar-refractivity contribution in [2.75, 3.05) is 16.8 Å². The van der Waals surface area contributed by atoms with Crippen LogP contribution < -0.4 is 5.32 Å². The van der Waals surface area contributed by atoms with E-state index in [4.69, 9.17) is 5.11 Å². The molecular weight excluding hydrogens is 390 g/mol. The maximum atomic E-state index is 12.2. The Bertz CT molecular complexity index is 600. The number of thioether (sulfide) groups is 2. The third kappa shape index (κ3) is 13.1. The van der Waals surface area contributed by atoms with Gasteiger partial charge in [-0.2, -0.15) is 11.8 Å². The van der Waals surface area contributed by atoms with E-state index in [9.17, 15) is 9.59 Å². The molecule has 1 aromatic rings. The van der Waals surface area contributed by atoms with Crippen LogP contribution in [0.4, 0.5) is 5.69 Å². The first-order valence-electron chi connectivity index (χ1n) is 10.2. The van der Waals surface area contributed by atoms with Crippen LogP contribution >= 0.6 is 23.5 Å². The topological polar surface area (TPSA) is 66.4 Å². The van der Waals surface area contributed by atoms with Crippen molar-refractivity contribution in [3.63, 3.8) is 0 Å². The summed E-state index contributed by atoms with van der Waals surface area (Å²) in [6.45, 7) is 6.76. The van der Waals surface area contributed by atoms with E-state index in [1.54, 1.807) is 11.8 Å². The highest BCUT2D eigenvalue weighted by atomic mass is 32.2. The maximum absolute atomic E-state index is 12.2. The van der Waals surface area contributed by atoms with Gasteiger partial charge in [0.15, 0.2) is 0 Å². The molecule has 0 aliphatic carbocycles. The molecule has 0 saturated heterocycles. The van der Waals surface area contributed by atoms with E-state index >= 15 is 0 Å². The standard InChI is InChI=1S/C22H35NO3S2/c1-22(2,3)28-17-10-6-4-5-7-14-20(24)23-18-12-8-9-13-19(18)27-16-11-15-21(25)26/h8-9,12-13H,4-7,10-11,14-17H2,1-3H3,(H,23,24)(H,25,26). The number of hydrogen-bond donors (Lipinski definition) is 2. The Morgan fingerprint density at radius 1 is 0.929 bits per heavy atom. The van der Waals surface area contributed by atoms with Crippen LogP contribution in [0.15, 0.2) is 29.2 Å². The molecule has 0 atom stereocenters. The average molecular weight is 426 g/mol. The Kier molecular flexibility index (Phi) is 12.4. The second-order valence-corrected chi connectivity index (χ2v) is 10.9. The summed E-state index contributed by atoms with van der Waals surface area (Å²) in [6.07, 6.45) is 7.04. The predicted octanol–water partition coefficient (Wildman–Crippen LogP) is 6.45. The molecule has 1 aromatic carbocycles. The minimum atomic E-state index is -0.768. The summed E-state index contributed by atoms with van der Waals surface area (Å²) >= 11 is 3.61. The van der Waals surface area contributed by atoms with E-state index in [1.165, 1.54) is 25.0 Å². The summed E-state index contributed by atoms with van der Waals surface area (Å²) in [6, 6.07) is 7.72. The molecule has 0 unspecified atom stereocenters. The van der Waals surface area contributed by atoms with Crippen LogP contribution in [0, 0.1) is 0 Å². The summed E-state index contributed by atoms with van der Waals surface area (Å²) in [5.41, 5.74) is 0.826. The number of benzene rings is 1. The van der Waals surface area contributed by atoms with Gasteiger partial charge in [-0.15, -0.1) is 11.8 Å². The van der Waals surface area contributed by atoms with Gasteiger partial charge in [0, 0.05) is 22.5 Å². The Balaban J connectivity index is 2.20. The zero-order valence-corrected chi connectivity index (χ0v) is 19.1. The Morgan fingerprint density at radius 3 is 2.32 bits per heavy atom. The molecular formula is C22H35NO3S2. The van der Waals surface area contributed by atoms with E-state index in [1.807, 2.05) is 36.0 Å². The first-order chi connectivity index (χ1) is 13.3. The van der Waals surface area contributed by atoms with Gasteiger partial charge in [-0.05, 0) is 42.9 Å². The lowest BCUT2D eigenvalue weighted by Crippen LogP contribution is -2.11. The molecule has 0 aliphatic heterocycles. The molecule has 0 bridgehead atoms. The molecule has 1 rings (SSSR count). The Labute approximate surface area is 178 Å². The minimum Gasteiger partial charge on any atom is -0.481 e. The summed E-state index contributed by atoms with van der Waals surface area (Å²) in [5.74, 6) is 1.23. The number of para-hydroxylation sites is 1. The Hall–Kier alpha value is -1.14. The van der Waals surface area contributed by atoms with Gasteiger partial charge in [-0.25, -0.2) is 0 Å². The van der Waals surface area contributed by atoms with Crippen LogP contribution in [0.5, 0.6) is 0 Å². The zero-order valence-electron chi connectivity index (χ0n) is 17.5. The molecule has 1 amide bonds. The molecule has 0 saturated carbocycles. The van der Waals surface area contributed by atoms with E-state index in [2.05, 4.69) is 26.1 Å². The predicted molar refractivity (Wildman–Crippen MR) is 123 cm³/mol. The van der Waals surface area contributed by atoms with Gasteiger partial charge in [0.2, 0.25) is 5.91 Å². The van der Waals surface area contributed by atoms with Gasteiger partial charge in [0.05, 0.1) is 5.69 Å².